The molecule has 6 aliphatic heterocycles. The van der Waals surface area contributed by atoms with Crippen molar-refractivity contribution in [1.29, 1.82) is 0 Å². The van der Waals surface area contributed by atoms with E-state index in [9.17, 15) is 9.90 Å². The first-order valence-electron chi connectivity index (χ1n) is 23.9. The van der Waals surface area contributed by atoms with Crippen molar-refractivity contribution in [2.75, 3.05) is 124 Å². The summed E-state index contributed by atoms with van der Waals surface area (Å²) in [5.74, 6) is 6.24. The zero-order chi connectivity index (χ0) is 50.3. The predicted molar refractivity (Wildman–Crippen MR) is 275 cm³/mol. The topological polar surface area (TPSA) is 141 Å². The minimum Gasteiger partial charge on any atom is -0.481 e. The molecule has 6 saturated heterocycles. The number of likely N-dealkylation sites (N-methyl/N-ethyl adjacent to an activating group) is 12. The van der Waals surface area contributed by atoms with E-state index < -0.39 is 23.5 Å². The first-order valence-corrected chi connectivity index (χ1v) is 26.2. The van der Waals surface area contributed by atoms with E-state index in [1.807, 2.05) is 73.4 Å². The summed E-state index contributed by atoms with van der Waals surface area (Å²) in [6.45, 7) is 44.5. The zero-order valence-corrected chi connectivity index (χ0v) is 44.8. The van der Waals surface area contributed by atoms with Gasteiger partial charge in [-0.3, -0.25) is 4.79 Å². The summed E-state index contributed by atoms with van der Waals surface area (Å²) in [6, 6.07) is 0. The van der Waals surface area contributed by atoms with E-state index in [2.05, 4.69) is 120 Å². The van der Waals surface area contributed by atoms with Crippen molar-refractivity contribution in [2.45, 2.75) is 96.8 Å². The van der Waals surface area contributed by atoms with Crippen LogP contribution in [0.15, 0.2) is 74.4 Å². The highest BCUT2D eigenvalue weighted by molar-refractivity contribution is 7.99. The van der Waals surface area contributed by atoms with E-state index in [1.54, 1.807) is 11.8 Å². The number of carboxylic acid groups (broad SMARTS) is 1. The van der Waals surface area contributed by atoms with Gasteiger partial charge in [0.05, 0.1) is 19.6 Å². The maximum atomic E-state index is 11.1. The highest BCUT2D eigenvalue weighted by Gasteiger charge is 2.66. The Morgan fingerprint density at radius 3 is 1.09 bits per heavy atom. The van der Waals surface area contributed by atoms with Gasteiger partial charge in [0.25, 0.3) is 17.5 Å². The fraction of sp³-hybridized carbons (Fsp3) is 0.723. The SMILES string of the molecule is C=C1N(C)C2N(C)C(=C)N(CC)C2(O)N1CC.C=C1N(C)C2N(C)C(=C)N(CC)C2(OCCCSCCC(=O)O)N1CC.C=C1N(C)C2N(C)C(=C)N(CC)C2(OCCCSCCN)N1CC. The second-order valence-corrected chi connectivity index (χ2v) is 19.8. The van der Waals surface area contributed by atoms with Crippen molar-refractivity contribution < 1.29 is 24.5 Å². The third kappa shape index (κ3) is 9.43. The molecule has 6 heterocycles. The number of thioether (sulfide) groups is 2. The molecule has 0 aromatic rings. The summed E-state index contributed by atoms with van der Waals surface area (Å²) < 4.78 is 13.1. The molecule has 0 unspecified atom stereocenters. The molecule has 0 radical (unpaired) electrons. The van der Waals surface area contributed by atoms with Gasteiger partial charge >= 0.3 is 5.97 Å². The smallest absolute Gasteiger partial charge is 0.304 e. The molecule has 0 aliphatic carbocycles. The van der Waals surface area contributed by atoms with Crippen molar-refractivity contribution in [3.8, 4) is 0 Å². The van der Waals surface area contributed by atoms with Crippen molar-refractivity contribution >= 4 is 29.5 Å². The molecule has 0 saturated carbocycles. The second-order valence-electron chi connectivity index (χ2n) is 17.3. The van der Waals surface area contributed by atoms with Crippen molar-refractivity contribution in [2.24, 2.45) is 5.73 Å². The quantitative estimate of drug-likeness (QED) is 0.143. The number of aliphatic carboxylic acids is 1. The van der Waals surface area contributed by atoms with E-state index in [0.717, 1.165) is 97.7 Å². The highest BCUT2D eigenvalue weighted by Crippen LogP contribution is 2.50. The third-order valence-electron chi connectivity index (χ3n) is 14.0. The van der Waals surface area contributed by atoms with Crippen LogP contribution in [0.3, 0.4) is 0 Å². The van der Waals surface area contributed by atoms with Crippen LogP contribution < -0.4 is 5.73 Å². The number of aliphatic hydroxyl groups is 1. The molecular weight excluding hydrogens is 891 g/mol. The Kier molecular flexibility index (Phi) is 19.2. The Morgan fingerprint density at radius 2 is 0.806 bits per heavy atom. The van der Waals surface area contributed by atoms with Crippen LogP contribution in [-0.2, 0) is 14.3 Å². The maximum Gasteiger partial charge on any atom is 0.304 e. The molecule has 4 N–H and O–H groups in total. The third-order valence-corrected chi connectivity index (χ3v) is 16.2. The van der Waals surface area contributed by atoms with Gasteiger partial charge in [-0.1, -0.05) is 39.5 Å². The molecule has 0 aromatic heterocycles. The van der Waals surface area contributed by atoms with Gasteiger partial charge in [-0.25, -0.2) is 0 Å². The summed E-state index contributed by atoms with van der Waals surface area (Å²) in [5.41, 5.74) is 5.55. The van der Waals surface area contributed by atoms with Crippen LogP contribution in [0.25, 0.3) is 0 Å². The normalized spacial score (nSPS) is 27.8. The number of nitrogens with two attached hydrogens (primary N) is 1. The van der Waals surface area contributed by atoms with E-state index in [-0.39, 0.29) is 24.9 Å². The first kappa shape index (κ1) is 55.6. The van der Waals surface area contributed by atoms with E-state index in [1.165, 1.54) is 0 Å². The summed E-state index contributed by atoms with van der Waals surface area (Å²) in [7, 11) is 12.2. The fourth-order valence-corrected chi connectivity index (χ4v) is 12.4. The van der Waals surface area contributed by atoms with Gasteiger partial charge in [0.1, 0.15) is 34.9 Å². The summed E-state index contributed by atoms with van der Waals surface area (Å²) in [4.78, 5) is 36.1. The Labute approximate surface area is 412 Å². The second kappa shape index (κ2) is 23.1. The number of carbonyl (C=O) groups is 1. The van der Waals surface area contributed by atoms with Crippen LogP contribution in [-0.4, -0.2) is 235 Å². The Morgan fingerprint density at radius 1 is 0.522 bits per heavy atom. The minimum atomic E-state index is -1.05. The van der Waals surface area contributed by atoms with Gasteiger partial charge in [0.15, 0.2) is 18.5 Å². The lowest BCUT2D eigenvalue weighted by molar-refractivity contribution is -0.211. The minimum absolute atomic E-state index is 0.00191. The molecule has 0 spiro atoms. The molecule has 18 nitrogen and oxygen atoms in total. The summed E-state index contributed by atoms with van der Waals surface area (Å²) >= 11 is 3.54. The Bertz CT molecular complexity index is 1700. The molecule has 0 aromatic carbocycles. The number of hydrogen-bond acceptors (Lipinski definition) is 19. The number of fused-ring (bicyclic) bond motifs is 3. The van der Waals surface area contributed by atoms with Crippen LogP contribution in [0.2, 0.25) is 0 Å². The molecule has 6 aliphatic rings. The predicted octanol–water partition coefficient (Wildman–Crippen LogP) is 4.04. The number of carboxylic acids is 1. The van der Waals surface area contributed by atoms with Gasteiger partial charge < -0.3 is 84.2 Å². The van der Waals surface area contributed by atoms with Crippen molar-refractivity contribution in [3.05, 3.63) is 74.4 Å². The van der Waals surface area contributed by atoms with Gasteiger partial charge in [-0.05, 0) is 65.9 Å². The first-order chi connectivity index (χ1) is 31.7. The van der Waals surface area contributed by atoms with Crippen LogP contribution in [0.4, 0.5) is 0 Å². The van der Waals surface area contributed by atoms with Crippen molar-refractivity contribution in [3.63, 3.8) is 0 Å². The van der Waals surface area contributed by atoms with Gasteiger partial charge in [-0.15, -0.1) is 0 Å². The zero-order valence-electron chi connectivity index (χ0n) is 43.2. The summed E-state index contributed by atoms with van der Waals surface area (Å²) in [5, 5.41) is 19.8. The monoisotopic (exact) mass is 978 g/mol. The lowest BCUT2D eigenvalue weighted by Gasteiger charge is -2.43. The summed E-state index contributed by atoms with van der Waals surface area (Å²) in [6.07, 6.45) is 2.01. The number of rotatable bonds is 21. The molecule has 67 heavy (non-hydrogen) atoms. The molecule has 0 bridgehead atoms. The van der Waals surface area contributed by atoms with E-state index in [0.29, 0.717) is 32.1 Å². The van der Waals surface area contributed by atoms with Crippen LogP contribution >= 0.6 is 23.5 Å². The molecule has 382 valence electrons. The molecule has 6 fully saturated rings. The number of hydrogen-bond donors (Lipinski definition) is 3. The lowest BCUT2D eigenvalue weighted by Crippen LogP contribution is -2.61. The average molecular weight is 978 g/mol. The average Bonchev–Trinajstić information content (AvgIpc) is 3.94. The Balaban J connectivity index is 0.000000224. The maximum absolute atomic E-state index is 11.1. The largest absolute Gasteiger partial charge is 0.481 e. The van der Waals surface area contributed by atoms with Crippen LogP contribution in [0, 0.1) is 0 Å². The number of ether oxygens (including phenoxy) is 2. The molecular formula is C47H87N13O5S2. The molecule has 20 heteroatoms. The van der Waals surface area contributed by atoms with Gasteiger partial charge in [0, 0.05) is 99.6 Å². The van der Waals surface area contributed by atoms with E-state index >= 15 is 0 Å². The van der Waals surface area contributed by atoms with E-state index in [4.69, 9.17) is 20.3 Å². The molecule has 6 rings (SSSR count). The lowest BCUT2D eigenvalue weighted by atomic mass is 10.2. The van der Waals surface area contributed by atoms with Crippen molar-refractivity contribution in [1.82, 2.24) is 58.8 Å². The van der Waals surface area contributed by atoms with Crippen LogP contribution in [0.5, 0.6) is 0 Å². The highest BCUT2D eigenvalue weighted by atomic mass is 32.2. The Hall–Kier alpha value is -3.95. The number of nitrogens with zero attached hydrogens (tertiary/aromatic N) is 12. The fourth-order valence-electron chi connectivity index (χ4n) is 10.8. The van der Waals surface area contributed by atoms with Gasteiger partial charge in [-0.2, -0.15) is 23.5 Å². The standard InChI is InChI=1S/C18H32N4O3S.C17H33N5OS.C12H22N4O/c1-7-21-14(3)19(5)17-18(21,22(8-2)15(4)20(17)6)25-11-9-12-26-13-10-16(23)24;1-7-21-14(3)19(5)16-17(21,22(8-2)15(4)20(16)6)23-11-9-12-24-13-10-18;1-7-15-9(3)13(5)11-12(15,17)16(8-2)10(4)14(11)6/h17H,3-4,7-13H2,1-2,5-6H3,(H,23,24);16H,3-4,7-13,18H2,1-2,5-6H3;11,17H,3-4,7-8H2,1-2,5-6H3. The molecule has 0 atom stereocenters. The van der Waals surface area contributed by atoms with Gasteiger partial charge in [0.2, 0.25) is 0 Å². The van der Waals surface area contributed by atoms with Crippen LogP contribution in [0.1, 0.15) is 60.8 Å². The molecule has 0 amide bonds.